The lowest BCUT2D eigenvalue weighted by Gasteiger charge is -2.32. The standard InChI is InChI=1S/C19H24FN3O2/c1-23-16(11-17(22-23)14-5-3-2-4-6-14)12-21-13-19(20)9-7-15(8-10-19)18(24)25/h2-6,11,15,21H,7-10,12-13H2,1H3,(H,24,25). The van der Waals surface area contributed by atoms with Crippen molar-refractivity contribution in [3.8, 4) is 11.3 Å². The monoisotopic (exact) mass is 345 g/mol. The summed E-state index contributed by atoms with van der Waals surface area (Å²) in [5.74, 6) is -1.20. The van der Waals surface area contributed by atoms with Gasteiger partial charge < -0.3 is 10.4 Å². The van der Waals surface area contributed by atoms with E-state index >= 15 is 0 Å². The van der Waals surface area contributed by atoms with Crippen LogP contribution >= 0.6 is 0 Å². The van der Waals surface area contributed by atoms with Crippen molar-refractivity contribution in [1.29, 1.82) is 0 Å². The van der Waals surface area contributed by atoms with Crippen molar-refractivity contribution in [2.24, 2.45) is 13.0 Å². The number of aromatic nitrogens is 2. The molecule has 1 aromatic carbocycles. The van der Waals surface area contributed by atoms with Crippen molar-refractivity contribution >= 4 is 5.97 Å². The van der Waals surface area contributed by atoms with E-state index in [1.54, 1.807) is 0 Å². The highest BCUT2D eigenvalue weighted by Gasteiger charge is 2.37. The summed E-state index contributed by atoms with van der Waals surface area (Å²) in [6, 6.07) is 11.9. The molecule has 2 aromatic rings. The fourth-order valence-electron chi connectivity index (χ4n) is 3.39. The van der Waals surface area contributed by atoms with Crippen LogP contribution in [0, 0.1) is 5.92 Å². The van der Waals surface area contributed by atoms with Crippen LogP contribution in [-0.2, 0) is 18.4 Å². The van der Waals surface area contributed by atoms with Gasteiger partial charge in [0.05, 0.1) is 17.3 Å². The minimum Gasteiger partial charge on any atom is -0.481 e. The molecule has 1 fully saturated rings. The lowest BCUT2D eigenvalue weighted by molar-refractivity contribution is -0.143. The van der Waals surface area contributed by atoms with E-state index < -0.39 is 17.6 Å². The molecule has 0 radical (unpaired) electrons. The number of nitrogens with one attached hydrogen (secondary N) is 1. The van der Waals surface area contributed by atoms with Crippen LogP contribution in [0.4, 0.5) is 4.39 Å². The molecule has 0 atom stereocenters. The number of halogens is 1. The third-order valence-electron chi connectivity index (χ3n) is 5.03. The van der Waals surface area contributed by atoms with E-state index in [0.717, 1.165) is 17.0 Å². The molecular weight excluding hydrogens is 321 g/mol. The van der Waals surface area contributed by atoms with Gasteiger partial charge in [0.25, 0.3) is 0 Å². The summed E-state index contributed by atoms with van der Waals surface area (Å²) in [6.07, 6.45) is 1.43. The Hall–Kier alpha value is -2.21. The zero-order valence-corrected chi connectivity index (χ0v) is 14.4. The maximum atomic E-state index is 14.8. The second kappa shape index (κ2) is 7.35. The fourth-order valence-corrected chi connectivity index (χ4v) is 3.39. The molecule has 0 bridgehead atoms. The van der Waals surface area contributed by atoms with Crippen molar-refractivity contribution in [1.82, 2.24) is 15.1 Å². The highest BCUT2D eigenvalue weighted by atomic mass is 19.1. The largest absolute Gasteiger partial charge is 0.481 e. The van der Waals surface area contributed by atoms with Crippen LogP contribution in [0.15, 0.2) is 36.4 Å². The van der Waals surface area contributed by atoms with Crippen LogP contribution < -0.4 is 5.32 Å². The minimum atomic E-state index is -1.31. The first-order valence-corrected chi connectivity index (χ1v) is 8.68. The summed E-state index contributed by atoms with van der Waals surface area (Å²) in [4.78, 5) is 11.0. The van der Waals surface area contributed by atoms with Crippen LogP contribution in [0.3, 0.4) is 0 Å². The number of rotatable bonds is 6. The molecule has 1 aliphatic rings. The fraction of sp³-hybridized carbons (Fsp3) is 0.474. The Kier molecular flexibility index (Phi) is 5.18. The number of benzene rings is 1. The summed E-state index contributed by atoms with van der Waals surface area (Å²) in [5, 5.41) is 16.7. The highest BCUT2D eigenvalue weighted by Crippen LogP contribution is 2.34. The molecular formula is C19H24FN3O2. The number of alkyl halides is 1. The molecule has 134 valence electrons. The van der Waals surface area contributed by atoms with Gasteiger partial charge in [0.15, 0.2) is 0 Å². The van der Waals surface area contributed by atoms with Crippen LogP contribution in [0.25, 0.3) is 11.3 Å². The average Bonchev–Trinajstić information content (AvgIpc) is 2.97. The van der Waals surface area contributed by atoms with Gasteiger partial charge >= 0.3 is 5.97 Å². The van der Waals surface area contributed by atoms with E-state index in [2.05, 4.69) is 10.4 Å². The van der Waals surface area contributed by atoms with E-state index in [1.807, 2.05) is 48.1 Å². The van der Waals surface area contributed by atoms with Crippen LogP contribution in [0.5, 0.6) is 0 Å². The second-order valence-electron chi connectivity index (χ2n) is 6.88. The molecule has 1 aromatic heterocycles. The molecule has 25 heavy (non-hydrogen) atoms. The topological polar surface area (TPSA) is 67.2 Å². The summed E-state index contributed by atoms with van der Waals surface area (Å²) in [5.41, 5.74) is 1.63. The van der Waals surface area contributed by atoms with Gasteiger partial charge in [-0.25, -0.2) is 4.39 Å². The summed E-state index contributed by atoms with van der Waals surface area (Å²) >= 11 is 0. The van der Waals surface area contributed by atoms with Gasteiger partial charge in [-0.3, -0.25) is 9.48 Å². The number of carbonyl (C=O) groups is 1. The van der Waals surface area contributed by atoms with Crippen molar-refractivity contribution in [2.45, 2.75) is 37.9 Å². The Morgan fingerprint density at radius 3 is 2.68 bits per heavy atom. The highest BCUT2D eigenvalue weighted by molar-refractivity contribution is 5.70. The molecule has 1 saturated carbocycles. The Bertz CT molecular complexity index is 722. The van der Waals surface area contributed by atoms with Gasteiger partial charge in [-0.1, -0.05) is 30.3 Å². The Labute approximate surface area is 146 Å². The molecule has 1 aliphatic carbocycles. The molecule has 6 heteroatoms. The first-order valence-electron chi connectivity index (χ1n) is 8.68. The van der Waals surface area contributed by atoms with E-state index in [4.69, 9.17) is 5.11 Å². The number of hydrogen-bond acceptors (Lipinski definition) is 3. The first kappa shape index (κ1) is 17.6. The number of nitrogens with zero attached hydrogens (tertiary/aromatic N) is 2. The molecule has 0 saturated heterocycles. The third-order valence-corrected chi connectivity index (χ3v) is 5.03. The van der Waals surface area contributed by atoms with Crippen LogP contribution in [0.2, 0.25) is 0 Å². The lowest BCUT2D eigenvalue weighted by atomic mass is 9.80. The van der Waals surface area contributed by atoms with Gasteiger partial charge in [0.1, 0.15) is 5.67 Å². The predicted octanol–water partition coefficient (Wildman–Crippen LogP) is 3.16. The Balaban J connectivity index is 1.54. The van der Waals surface area contributed by atoms with Crippen molar-refractivity contribution in [2.75, 3.05) is 6.54 Å². The van der Waals surface area contributed by atoms with Crippen molar-refractivity contribution in [3.63, 3.8) is 0 Å². The molecule has 3 rings (SSSR count). The summed E-state index contributed by atoms with van der Waals surface area (Å²) in [6.45, 7) is 0.773. The van der Waals surface area contributed by atoms with Crippen molar-refractivity contribution in [3.05, 3.63) is 42.1 Å². The zero-order chi connectivity index (χ0) is 17.9. The number of hydrogen-bond donors (Lipinski definition) is 2. The quantitative estimate of drug-likeness (QED) is 0.844. The van der Waals surface area contributed by atoms with E-state index in [0.29, 0.717) is 32.2 Å². The van der Waals surface area contributed by atoms with Gasteiger partial charge in [-0.05, 0) is 31.7 Å². The third kappa shape index (κ3) is 4.25. The molecule has 0 amide bonds. The van der Waals surface area contributed by atoms with Crippen LogP contribution in [-0.4, -0.2) is 33.1 Å². The first-order chi connectivity index (χ1) is 12.0. The SMILES string of the molecule is Cn1nc(-c2ccccc2)cc1CNCC1(F)CCC(C(=O)O)CC1. The van der Waals surface area contributed by atoms with Gasteiger partial charge in [-0.2, -0.15) is 5.10 Å². The molecule has 1 heterocycles. The van der Waals surface area contributed by atoms with Crippen molar-refractivity contribution < 1.29 is 14.3 Å². The lowest BCUT2D eigenvalue weighted by Crippen LogP contribution is -2.41. The second-order valence-corrected chi connectivity index (χ2v) is 6.88. The average molecular weight is 345 g/mol. The number of aryl methyl sites for hydroxylation is 1. The molecule has 0 spiro atoms. The van der Waals surface area contributed by atoms with E-state index in [1.165, 1.54) is 0 Å². The predicted molar refractivity (Wildman–Crippen MR) is 93.8 cm³/mol. The molecule has 0 aliphatic heterocycles. The smallest absolute Gasteiger partial charge is 0.306 e. The summed E-state index contributed by atoms with van der Waals surface area (Å²) < 4.78 is 16.6. The summed E-state index contributed by atoms with van der Waals surface area (Å²) in [7, 11) is 1.88. The van der Waals surface area contributed by atoms with E-state index in [9.17, 15) is 9.18 Å². The Morgan fingerprint density at radius 2 is 2.04 bits per heavy atom. The zero-order valence-electron chi connectivity index (χ0n) is 14.4. The van der Waals surface area contributed by atoms with Crippen LogP contribution in [0.1, 0.15) is 31.4 Å². The Morgan fingerprint density at radius 1 is 1.36 bits per heavy atom. The molecule has 0 unspecified atom stereocenters. The van der Waals surface area contributed by atoms with Gasteiger partial charge in [-0.15, -0.1) is 0 Å². The number of carboxylic acids is 1. The minimum absolute atomic E-state index is 0.241. The van der Waals surface area contributed by atoms with Gasteiger partial charge in [0, 0.05) is 25.7 Å². The van der Waals surface area contributed by atoms with E-state index in [-0.39, 0.29) is 6.54 Å². The number of carboxylic acid groups (broad SMARTS) is 1. The maximum Gasteiger partial charge on any atom is 0.306 e. The normalized spacial score (nSPS) is 23.5. The number of aliphatic carboxylic acids is 1. The maximum absolute atomic E-state index is 14.8. The molecule has 5 nitrogen and oxygen atoms in total. The van der Waals surface area contributed by atoms with Gasteiger partial charge in [0.2, 0.25) is 0 Å². The molecule has 2 N–H and O–H groups in total.